The first-order valence-corrected chi connectivity index (χ1v) is 11.0. The number of likely N-dealkylation sites (tertiary alicyclic amines) is 1. The average Bonchev–Trinajstić information content (AvgIpc) is 3.52. The van der Waals surface area contributed by atoms with E-state index in [4.69, 9.17) is 4.42 Å². The van der Waals surface area contributed by atoms with Crippen molar-refractivity contribution in [1.82, 2.24) is 35.1 Å². The highest BCUT2D eigenvalue weighted by Gasteiger charge is 2.17. The fourth-order valence-electron chi connectivity index (χ4n) is 3.97. The van der Waals surface area contributed by atoms with Crippen molar-refractivity contribution in [3.05, 3.63) is 65.7 Å². The molecule has 0 unspecified atom stereocenters. The molecule has 1 fully saturated rings. The Kier molecular flexibility index (Phi) is 6.35. The molecule has 0 radical (unpaired) electrons. The number of piperidine rings is 1. The Morgan fingerprint density at radius 2 is 1.76 bits per heavy atom. The maximum absolute atomic E-state index is 14.4. The van der Waals surface area contributed by atoms with Crippen molar-refractivity contribution in [3.8, 4) is 22.7 Å². The van der Waals surface area contributed by atoms with Gasteiger partial charge in [-0.2, -0.15) is 8.78 Å². The number of hydrogen-bond donors (Lipinski definition) is 0. The normalized spacial score (nSPS) is 14.7. The second-order valence-corrected chi connectivity index (χ2v) is 8.23. The highest BCUT2D eigenvalue weighted by Crippen LogP contribution is 2.24. The van der Waals surface area contributed by atoms with Gasteiger partial charge in [0.2, 0.25) is 5.89 Å². The van der Waals surface area contributed by atoms with Gasteiger partial charge >= 0.3 is 6.43 Å². The smallest absolute Gasteiger partial charge is 0.314 e. The van der Waals surface area contributed by atoms with E-state index in [2.05, 4.69) is 30.4 Å². The quantitative estimate of drug-likeness (QED) is 0.394. The molecule has 1 aliphatic rings. The van der Waals surface area contributed by atoms with Crippen molar-refractivity contribution in [1.29, 1.82) is 0 Å². The Labute approximate surface area is 193 Å². The van der Waals surface area contributed by atoms with Crippen LogP contribution in [0.2, 0.25) is 0 Å². The molecule has 34 heavy (non-hydrogen) atoms. The van der Waals surface area contributed by atoms with Crippen molar-refractivity contribution in [2.75, 3.05) is 13.1 Å². The molecule has 0 amide bonds. The van der Waals surface area contributed by atoms with Crippen LogP contribution in [0.15, 0.2) is 47.1 Å². The molecule has 176 valence electrons. The monoisotopic (exact) mass is 469 g/mol. The summed E-state index contributed by atoms with van der Waals surface area (Å²) in [6.45, 7) is 2.92. The third-order valence-electron chi connectivity index (χ3n) is 5.75. The molecule has 0 saturated carbocycles. The number of halogens is 3. The minimum Gasteiger partial charge on any atom is -0.415 e. The van der Waals surface area contributed by atoms with Crippen molar-refractivity contribution in [2.45, 2.75) is 38.8 Å². The summed E-state index contributed by atoms with van der Waals surface area (Å²) < 4.78 is 46.2. The van der Waals surface area contributed by atoms with E-state index < -0.39 is 12.3 Å². The highest BCUT2D eigenvalue weighted by atomic mass is 19.3. The summed E-state index contributed by atoms with van der Waals surface area (Å²) in [5.41, 5.74) is 3.21. The van der Waals surface area contributed by atoms with Crippen LogP contribution in [0.25, 0.3) is 22.7 Å². The van der Waals surface area contributed by atoms with Gasteiger partial charge < -0.3 is 4.42 Å². The van der Waals surface area contributed by atoms with Crippen molar-refractivity contribution < 1.29 is 17.6 Å². The Bertz CT molecular complexity index is 1250. The van der Waals surface area contributed by atoms with Crippen LogP contribution < -0.4 is 0 Å². The fraction of sp³-hybridized carbons (Fsp3) is 0.348. The number of rotatable bonds is 7. The van der Waals surface area contributed by atoms with Gasteiger partial charge in [0, 0.05) is 23.9 Å². The van der Waals surface area contributed by atoms with Crippen LogP contribution in [0.3, 0.4) is 0 Å². The maximum atomic E-state index is 14.4. The number of benzene rings is 1. The minimum absolute atomic E-state index is 0.0194. The van der Waals surface area contributed by atoms with Crippen molar-refractivity contribution in [2.24, 2.45) is 0 Å². The zero-order valence-corrected chi connectivity index (χ0v) is 18.2. The van der Waals surface area contributed by atoms with Crippen LogP contribution in [-0.2, 0) is 13.1 Å². The van der Waals surface area contributed by atoms with Crippen LogP contribution >= 0.6 is 0 Å². The van der Waals surface area contributed by atoms with Gasteiger partial charge in [-0.25, -0.2) is 9.07 Å². The van der Waals surface area contributed by atoms with E-state index in [-0.39, 0.29) is 11.7 Å². The van der Waals surface area contributed by atoms with Gasteiger partial charge in [0.1, 0.15) is 11.5 Å². The molecule has 0 bridgehead atoms. The molecular formula is C23H22F3N7O. The van der Waals surface area contributed by atoms with E-state index in [1.807, 2.05) is 6.07 Å². The molecule has 5 rings (SSSR count). The number of nitrogens with zero attached hydrogens (tertiary/aromatic N) is 7. The predicted molar refractivity (Wildman–Crippen MR) is 116 cm³/mol. The molecule has 1 aromatic carbocycles. The van der Waals surface area contributed by atoms with Gasteiger partial charge in [0.05, 0.1) is 24.0 Å². The Morgan fingerprint density at radius 1 is 0.941 bits per heavy atom. The van der Waals surface area contributed by atoms with Crippen LogP contribution in [-0.4, -0.2) is 48.2 Å². The lowest BCUT2D eigenvalue weighted by atomic mass is 10.1. The fourth-order valence-corrected chi connectivity index (χ4v) is 3.97. The topological polar surface area (TPSA) is 85.8 Å². The molecule has 11 heteroatoms. The summed E-state index contributed by atoms with van der Waals surface area (Å²) >= 11 is 0. The summed E-state index contributed by atoms with van der Waals surface area (Å²) in [6.07, 6.45) is 3.96. The van der Waals surface area contributed by atoms with Crippen LogP contribution in [0, 0.1) is 5.82 Å². The molecule has 8 nitrogen and oxygen atoms in total. The highest BCUT2D eigenvalue weighted by molar-refractivity contribution is 5.59. The van der Waals surface area contributed by atoms with E-state index >= 15 is 0 Å². The third-order valence-corrected chi connectivity index (χ3v) is 5.75. The zero-order valence-electron chi connectivity index (χ0n) is 18.2. The number of hydrogen-bond acceptors (Lipinski definition) is 7. The van der Waals surface area contributed by atoms with E-state index in [0.717, 1.165) is 31.5 Å². The number of alkyl halides is 2. The largest absolute Gasteiger partial charge is 0.415 e. The molecule has 4 aromatic rings. The van der Waals surface area contributed by atoms with Crippen LogP contribution in [0.5, 0.6) is 0 Å². The summed E-state index contributed by atoms with van der Waals surface area (Å²) in [7, 11) is 0. The molecule has 0 N–H and O–H groups in total. The third kappa shape index (κ3) is 4.98. The Morgan fingerprint density at radius 3 is 2.50 bits per heavy atom. The van der Waals surface area contributed by atoms with Crippen LogP contribution in [0.4, 0.5) is 13.2 Å². The number of pyridine rings is 1. The number of aromatic nitrogens is 6. The molecule has 0 aliphatic carbocycles. The van der Waals surface area contributed by atoms with Gasteiger partial charge in [0.15, 0.2) is 0 Å². The van der Waals surface area contributed by atoms with Gasteiger partial charge in [0.25, 0.3) is 5.89 Å². The lowest BCUT2D eigenvalue weighted by Crippen LogP contribution is -2.29. The molecule has 1 aliphatic heterocycles. The first-order chi connectivity index (χ1) is 16.5. The molecule has 3 aromatic heterocycles. The van der Waals surface area contributed by atoms with Gasteiger partial charge in [-0.05, 0) is 56.3 Å². The average molecular weight is 469 g/mol. The Balaban J connectivity index is 1.27. The van der Waals surface area contributed by atoms with E-state index in [9.17, 15) is 13.2 Å². The lowest BCUT2D eigenvalue weighted by Gasteiger charge is -2.26. The molecule has 4 heterocycles. The lowest BCUT2D eigenvalue weighted by molar-refractivity contribution is 0.116. The Hall–Kier alpha value is -3.60. The zero-order chi connectivity index (χ0) is 23.5. The van der Waals surface area contributed by atoms with Gasteiger partial charge in [-0.3, -0.25) is 9.88 Å². The summed E-state index contributed by atoms with van der Waals surface area (Å²) in [4.78, 5) is 6.60. The van der Waals surface area contributed by atoms with Gasteiger partial charge in [-0.15, -0.1) is 15.3 Å². The van der Waals surface area contributed by atoms with Gasteiger partial charge in [-0.1, -0.05) is 11.6 Å². The van der Waals surface area contributed by atoms with Crippen molar-refractivity contribution in [3.63, 3.8) is 0 Å². The minimum atomic E-state index is -2.82. The first kappa shape index (κ1) is 22.2. The maximum Gasteiger partial charge on any atom is 0.314 e. The van der Waals surface area contributed by atoms with E-state index in [1.54, 1.807) is 29.1 Å². The second-order valence-electron chi connectivity index (χ2n) is 8.23. The van der Waals surface area contributed by atoms with Crippen molar-refractivity contribution >= 4 is 0 Å². The standard InChI is InChI=1S/C23H22F3N7O/c24-19-7-5-15(10-17(19)12-32-8-2-1-3-9-32)20-14-33(31-28-20)13-18-6-4-16(11-27-18)22-29-30-23(34-22)21(25)26/h4-7,10-11,14,21H,1-3,8-9,12-13H2. The molecule has 0 atom stereocenters. The predicted octanol–water partition coefficient (Wildman–Crippen LogP) is 4.50. The summed E-state index contributed by atoms with van der Waals surface area (Å²) in [5.74, 6) is -0.962. The van der Waals surface area contributed by atoms with E-state index in [1.165, 1.54) is 18.7 Å². The summed E-state index contributed by atoms with van der Waals surface area (Å²) in [5, 5.41) is 15.3. The molecular weight excluding hydrogens is 447 g/mol. The van der Waals surface area contributed by atoms with Crippen LogP contribution in [0.1, 0.15) is 42.8 Å². The van der Waals surface area contributed by atoms with E-state index in [0.29, 0.717) is 35.6 Å². The second kappa shape index (κ2) is 9.72. The summed E-state index contributed by atoms with van der Waals surface area (Å²) in [6, 6.07) is 8.40. The SMILES string of the molecule is Fc1ccc(-c2cn(Cc3ccc(-c4nnc(C(F)F)o4)cn3)nn2)cc1CN1CCCCC1. The molecule has 1 saturated heterocycles. The molecule has 0 spiro atoms. The first-order valence-electron chi connectivity index (χ1n) is 11.0.